The first-order valence-electron chi connectivity index (χ1n) is 7.40. The quantitative estimate of drug-likeness (QED) is 0.928. The van der Waals surface area contributed by atoms with Crippen molar-refractivity contribution < 1.29 is 4.79 Å². The molecular formula is C17H23ClN2O. The molecule has 4 heteroatoms. The van der Waals surface area contributed by atoms with E-state index < -0.39 is 6.04 Å². The highest BCUT2D eigenvalue weighted by Gasteiger charge is 2.27. The second-order valence-corrected chi connectivity index (χ2v) is 6.50. The summed E-state index contributed by atoms with van der Waals surface area (Å²) in [7, 11) is 0. The van der Waals surface area contributed by atoms with Gasteiger partial charge < -0.3 is 10.6 Å². The van der Waals surface area contributed by atoms with Crippen LogP contribution in [0.15, 0.2) is 36.0 Å². The number of rotatable bonds is 3. The Hall–Kier alpha value is -1.32. The third-order valence-corrected chi connectivity index (χ3v) is 4.38. The fraction of sp³-hybridized carbons (Fsp3) is 0.471. The molecule has 0 spiro atoms. The molecule has 2 atom stereocenters. The minimum absolute atomic E-state index is 0.0129. The fourth-order valence-electron chi connectivity index (χ4n) is 2.67. The lowest BCUT2D eigenvalue weighted by atomic mass is 9.87. The van der Waals surface area contributed by atoms with Crippen LogP contribution in [-0.2, 0) is 4.79 Å². The predicted molar refractivity (Wildman–Crippen MR) is 87.1 cm³/mol. The average molecular weight is 307 g/mol. The number of halogens is 1. The van der Waals surface area contributed by atoms with Gasteiger partial charge in [-0.3, -0.25) is 4.79 Å². The van der Waals surface area contributed by atoms with Crippen molar-refractivity contribution in [3.05, 3.63) is 46.6 Å². The van der Waals surface area contributed by atoms with Gasteiger partial charge in [-0.2, -0.15) is 0 Å². The highest BCUT2D eigenvalue weighted by Crippen LogP contribution is 2.32. The van der Waals surface area contributed by atoms with Crippen LogP contribution in [0.1, 0.15) is 38.7 Å². The van der Waals surface area contributed by atoms with Gasteiger partial charge in [-0.15, -0.1) is 0 Å². The molecule has 1 aliphatic rings. The number of amides is 1. The monoisotopic (exact) mass is 306 g/mol. The van der Waals surface area contributed by atoms with E-state index >= 15 is 0 Å². The van der Waals surface area contributed by atoms with Crippen LogP contribution in [0.2, 0.25) is 5.02 Å². The topological polar surface area (TPSA) is 46.3 Å². The molecule has 2 rings (SSSR count). The maximum Gasteiger partial charge on any atom is 0.243 e. The molecule has 0 radical (unpaired) electrons. The molecule has 1 aliphatic heterocycles. The van der Waals surface area contributed by atoms with Crippen molar-refractivity contribution in [3.8, 4) is 0 Å². The number of hydrogen-bond acceptors (Lipinski definition) is 2. The molecule has 114 valence electrons. The van der Waals surface area contributed by atoms with E-state index in [1.807, 2.05) is 32.2 Å². The Labute approximate surface area is 131 Å². The van der Waals surface area contributed by atoms with Crippen LogP contribution in [0.3, 0.4) is 0 Å². The molecule has 2 N–H and O–H groups in total. The van der Waals surface area contributed by atoms with Crippen molar-refractivity contribution in [1.29, 1.82) is 0 Å². The van der Waals surface area contributed by atoms with Gasteiger partial charge in [-0.1, -0.05) is 37.6 Å². The highest BCUT2D eigenvalue weighted by molar-refractivity contribution is 6.30. The number of benzene rings is 1. The lowest BCUT2D eigenvalue weighted by molar-refractivity contribution is -0.131. The summed E-state index contributed by atoms with van der Waals surface area (Å²) in [5, 5.41) is 0.746. The van der Waals surface area contributed by atoms with Gasteiger partial charge in [0.1, 0.15) is 0 Å². The van der Waals surface area contributed by atoms with Gasteiger partial charge in [0, 0.05) is 23.7 Å². The third-order valence-electron chi connectivity index (χ3n) is 4.13. The van der Waals surface area contributed by atoms with E-state index in [2.05, 4.69) is 19.1 Å². The first-order valence-corrected chi connectivity index (χ1v) is 7.77. The average Bonchev–Trinajstić information content (AvgIpc) is 2.46. The summed E-state index contributed by atoms with van der Waals surface area (Å²) in [5.41, 5.74) is 8.40. The van der Waals surface area contributed by atoms with Crippen LogP contribution >= 0.6 is 11.6 Å². The summed E-state index contributed by atoms with van der Waals surface area (Å²) < 4.78 is 0. The summed E-state index contributed by atoms with van der Waals surface area (Å²) in [6.45, 7) is 6.72. The normalized spacial score (nSPS) is 20.4. The molecule has 2 unspecified atom stereocenters. The maximum atomic E-state index is 12.3. The van der Waals surface area contributed by atoms with E-state index in [0.717, 1.165) is 11.4 Å². The van der Waals surface area contributed by atoms with E-state index in [1.165, 1.54) is 11.1 Å². The zero-order valence-electron chi connectivity index (χ0n) is 12.8. The SMILES string of the molecule is CC1=CN(C(=O)C(N)C(C)C)CCC1c1ccc(Cl)cc1. The fourth-order valence-corrected chi connectivity index (χ4v) is 2.80. The summed E-state index contributed by atoms with van der Waals surface area (Å²) in [6, 6.07) is 7.51. The first kappa shape index (κ1) is 16.1. The van der Waals surface area contributed by atoms with Crippen molar-refractivity contribution in [2.75, 3.05) is 6.54 Å². The summed E-state index contributed by atoms with van der Waals surface area (Å²) >= 11 is 5.93. The van der Waals surface area contributed by atoms with Gasteiger partial charge in [0.25, 0.3) is 0 Å². The Bertz CT molecular complexity index is 536. The van der Waals surface area contributed by atoms with Gasteiger partial charge in [0.2, 0.25) is 5.91 Å². The second kappa shape index (κ2) is 6.63. The zero-order valence-corrected chi connectivity index (χ0v) is 13.6. The van der Waals surface area contributed by atoms with Gasteiger partial charge >= 0.3 is 0 Å². The van der Waals surface area contributed by atoms with E-state index in [1.54, 1.807) is 4.90 Å². The number of hydrogen-bond donors (Lipinski definition) is 1. The summed E-state index contributed by atoms with van der Waals surface area (Å²) in [4.78, 5) is 14.1. The minimum Gasteiger partial charge on any atom is -0.320 e. The van der Waals surface area contributed by atoms with Crippen LogP contribution in [0.4, 0.5) is 0 Å². The van der Waals surface area contributed by atoms with Crippen LogP contribution in [0.25, 0.3) is 0 Å². The number of allylic oxidation sites excluding steroid dienone is 1. The molecule has 0 fully saturated rings. The van der Waals surface area contributed by atoms with Crippen molar-refractivity contribution in [2.24, 2.45) is 11.7 Å². The standard InChI is InChI=1S/C17H23ClN2O/c1-11(2)16(19)17(21)20-9-8-15(12(3)10-20)13-4-6-14(18)7-5-13/h4-7,10-11,15-16H,8-9,19H2,1-3H3. The molecule has 3 nitrogen and oxygen atoms in total. The van der Waals surface area contributed by atoms with Crippen LogP contribution in [-0.4, -0.2) is 23.4 Å². The Morgan fingerprint density at radius 1 is 1.33 bits per heavy atom. The van der Waals surface area contributed by atoms with Crippen molar-refractivity contribution in [2.45, 2.75) is 39.2 Å². The largest absolute Gasteiger partial charge is 0.320 e. The van der Waals surface area contributed by atoms with Gasteiger partial charge in [0.15, 0.2) is 0 Å². The highest BCUT2D eigenvalue weighted by atomic mass is 35.5. The molecule has 1 heterocycles. The van der Waals surface area contributed by atoms with E-state index in [9.17, 15) is 4.79 Å². The Morgan fingerprint density at radius 2 is 1.95 bits per heavy atom. The zero-order chi connectivity index (χ0) is 15.6. The minimum atomic E-state index is -0.430. The second-order valence-electron chi connectivity index (χ2n) is 6.07. The Kier molecular flexibility index (Phi) is 5.07. The Balaban J connectivity index is 2.14. The van der Waals surface area contributed by atoms with Gasteiger partial charge in [-0.25, -0.2) is 0 Å². The van der Waals surface area contributed by atoms with Crippen LogP contribution in [0, 0.1) is 5.92 Å². The van der Waals surface area contributed by atoms with Gasteiger partial charge in [-0.05, 0) is 42.5 Å². The van der Waals surface area contributed by atoms with Crippen molar-refractivity contribution >= 4 is 17.5 Å². The van der Waals surface area contributed by atoms with E-state index in [4.69, 9.17) is 17.3 Å². The predicted octanol–water partition coefficient (Wildman–Crippen LogP) is 3.54. The van der Waals surface area contributed by atoms with E-state index in [-0.39, 0.29) is 11.8 Å². The first-order chi connectivity index (χ1) is 9.90. The number of carbonyl (C=O) groups excluding carboxylic acids is 1. The van der Waals surface area contributed by atoms with Gasteiger partial charge in [0.05, 0.1) is 6.04 Å². The molecular weight excluding hydrogens is 284 g/mol. The van der Waals surface area contributed by atoms with E-state index in [0.29, 0.717) is 12.5 Å². The number of carbonyl (C=O) groups is 1. The number of nitrogens with zero attached hydrogens (tertiary/aromatic N) is 1. The number of nitrogens with two attached hydrogens (primary N) is 1. The third kappa shape index (κ3) is 3.66. The lowest BCUT2D eigenvalue weighted by Gasteiger charge is -2.32. The molecule has 1 aromatic rings. The molecule has 0 saturated heterocycles. The molecule has 0 bridgehead atoms. The summed E-state index contributed by atoms with van der Waals surface area (Å²) in [6.07, 6.45) is 2.87. The molecule has 0 saturated carbocycles. The Morgan fingerprint density at radius 3 is 2.48 bits per heavy atom. The van der Waals surface area contributed by atoms with Crippen molar-refractivity contribution in [3.63, 3.8) is 0 Å². The molecule has 1 amide bonds. The lowest BCUT2D eigenvalue weighted by Crippen LogP contribution is -2.46. The van der Waals surface area contributed by atoms with Crippen LogP contribution in [0.5, 0.6) is 0 Å². The molecule has 0 aliphatic carbocycles. The maximum absolute atomic E-state index is 12.3. The molecule has 0 aromatic heterocycles. The molecule has 1 aromatic carbocycles. The summed E-state index contributed by atoms with van der Waals surface area (Å²) in [5.74, 6) is 0.515. The van der Waals surface area contributed by atoms with Crippen molar-refractivity contribution in [1.82, 2.24) is 4.90 Å². The smallest absolute Gasteiger partial charge is 0.243 e. The molecule has 21 heavy (non-hydrogen) atoms. The van der Waals surface area contributed by atoms with Crippen LogP contribution < -0.4 is 5.73 Å².